The van der Waals surface area contributed by atoms with Crippen LogP contribution in [0.25, 0.3) is 0 Å². The van der Waals surface area contributed by atoms with Gasteiger partial charge in [0.15, 0.2) is 0 Å². The van der Waals surface area contributed by atoms with Gasteiger partial charge in [-0.25, -0.2) is 4.98 Å². The van der Waals surface area contributed by atoms with Gasteiger partial charge in [0.2, 0.25) is 0 Å². The van der Waals surface area contributed by atoms with Gasteiger partial charge in [0, 0.05) is 12.2 Å². The third kappa shape index (κ3) is 3.00. The minimum Gasteiger partial charge on any atom is -0.348 e. The molecule has 0 radical (unpaired) electrons. The van der Waals surface area contributed by atoms with Gasteiger partial charge in [-0.2, -0.15) is 0 Å². The Labute approximate surface area is 109 Å². The molecule has 0 saturated carbocycles. The Bertz CT molecular complexity index is 409. The Balaban J connectivity index is 2.97. The molecule has 0 saturated heterocycles. The van der Waals surface area contributed by atoms with Gasteiger partial charge in [-0.05, 0) is 13.3 Å². The van der Waals surface area contributed by atoms with Crippen molar-refractivity contribution in [2.24, 2.45) is 0 Å². The quantitative estimate of drug-likeness (QED) is 0.920. The predicted octanol–water partition coefficient (Wildman–Crippen LogP) is 3.57. The third-order valence-corrected chi connectivity index (χ3v) is 3.36. The van der Waals surface area contributed by atoms with Crippen LogP contribution in [0.3, 0.4) is 0 Å². The van der Waals surface area contributed by atoms with Crippen molar-refractivity contribution in [2.45, 2.75) is 26.3 Å². The van der Waals surface area contributed by atoms with E-state index < -0.39 is 0 Å². The lowest BCUT2D eigenvalue weighted by molar-refractivity contribution is 0.0934. The minimum absolute atomic E-state index is 0.0554. The standard InChI is InChI=1S/C10H11Cl3N2O/c1-3-5(2)15-10(16)9-8(13)7(12)6(11)4-14-9/h4-5H,3H2,1-2H3,(H,15,16)/t5-/m1/s1. The number of carbonyl (C=O) groups is 1. The van der Waals surface area contributed by atoms with E-state index in [4.69, 9.17) is 34.8 Å². The van der Waals surface area contributed by atoms with Crippen LogP contribution in [0.15, 0.2) is 6.20 Å². The van der Waals surface area contributed by atoms with Gasteiger partial charge in [0.25, 0.3) is 5.91 Å². The minimum atomic E-state index is -0.349. The molecule has 1 aromatic heterocycles. The van der Waals surface area contributed by atoms with Crippen molar-refractivity contribution in [3.63, 3.8) is 0 Å². The van der Waals surface area contributed by atoms with Crippen LogP contribution < -0.4 is 5.32 Å². The second-order valence-corrected chi connectivity index (χ2v) is 4.53. The molecule has 1 atom stereocenters. The molecule has 0 aliphatic rings. The Morgan fingerprint density at radius 2 is 2.06 bits per heavy atom. The van der Waals surface area contributed by atoms with Gasteiger partial charge in [-0.15, -0.1) is 0 Å². The molecule has 3 nitrogen and oxygen atoms in total. The number of halogens is 3. The molecule has 6 heteroatoms. The number of amides is 1. The van der Waals surface area contributed by atoms with Crippen molar-refractivity contribution in [1.29, 1.82) is 0 Å². The number of rotatable bonds is 3. The summed E-state index contributed by atoms with van der Waals surface area (Å²) >= 11 is 17.4. The monoisotopic (exact) mass is 280 g/mol. The summed E-state index contributed by atoms with van der Waals surface area (Å²) in [7, 11) is 0. The highest BCUT2D eigenvalue weighted by molar-refractivity contribution is 6.48. The first-order chi connectivity index (χ1) is 7.47. The summed E-state index contributed by atoms with van der Waals surface area (Å²) < 4.78 is 0. The highest BCUT2D eigenvalue weighted by Gasteiger charge is 2.17. The van der Waals surface area contributed by atoms with Crippen LogP contribution in [0.4, 0.5) is 0 Å². The molecule has 1 N–H and O–H groups in total. The number of hydrogen-bond acceptors (Lipinski definition) is 2. The Morgan fingerprint density at radius 3 is 2.62 bits per heavy atom. The summed E-state index contributed by atoms with van der Waals surface area (Å²) in [5.74, 6) is -0.349. The first kappa shape index (κ1) is 13.6. The molecule has 88 valence electrons. The molecule has 1 heterocycles. The molecule has 1 amide bonds. The summed E-state index contributed by atoms with van der Waals surface area (Å²) in [5.41, 5.74) is 0.0939. The molecule has 0 bridgehead atoms. The average Bonchev–Trinajstić information content (AvgIpc) is 2.25. The lowest BCUT2D eigenvalue weighted by Crippen LogP contribution is -2.32. The Morgan fingerprint density at radius 1 is 1.44 bits per heavy atom. The van der Waals surface area contributed by atoms with Gasteiger partial charge in [-0.3, -0.25) is 4.79 Å². The van der Waals surface area contributed by atoms with Gasteiger partial charge in [-0.1, -0.05) is 41.7 Å². The Hall–Kier alpha value is -0.510. The normalized spacial score (nSPS) is 12.3. The lowest BCUT2D eigenvalue weighted by Gasteiger charge is -2.12. The molecule has 0 spiro atoms. The maximum atomic E-state index is 11.7. The van der Waals surface area contributed by atoms with Crippen LogP contribution >= 0.6 is 34.8 Å². The van der Waals surface area contributed by atoms with E-state index in [1.54, 1.807) is 0 Å². The molecule has 0 aliphatic heterocycles. The van der Waals surface area contributed by atoms with Crippen LogP contribution in [0.2, 0.25) is 15.1 Å². The van der Waals surface area contributed by atoms with E-state index in [-0.39, 0.29) is 32.7 Å². The maximum absolute atomic E-state index is 11.7. The second kappa shape index (κ2) is 5.71. The number of nitrogens with one attached hydrogen (secondary N) is 1. The van der Waals surface area contributed by atoms with Crippen molar-refractivity contribution < 1.29 is 4.79 Å². The van der Waals surface area contributed by atoms with Crippen molar-refractivity contribution in [3.05, 3.63) is 27.0 Å². The van der Waals surface area contributed by atoms with Crippen LogP contribution in [-0.4, -0.2) is 16.9 Å². The number of aromatic nitrogens is 1. The summed E-state index contributed by atoms with van der Waals surface area (Å²) in [6, 6.07) is 0.0554. The van der Waals surface area contributed by atoms with Crippen LogP contribution in [0.1, 0.15) is 30.8 Å². The highest BCUT2D eigenvalue weighted by atomic mass is 35.5. The van der Waals surface area contributed by atoms with E-state index >= 15 is 0 Å². The van der Waals surface area contributed by atoms with Crippen molar-refractivity contribution in [3.8, 4) is 0 Å². The lowest BCUT2D eigenvalue weighted by atomic mass is 10.2. The van der Waals surface area contributed by atoms with Crippen LogP contribution in [0, 0.1) is 0 Å². The summed E-state index contributed by atoms with van der Waals surface area (Å²) in [4.78, 5) is 15.6. The van der Waals surface area contributed by atoms with E-state index in [1.165, 1.54) is 6.20 Å². The maximum Gasteiger partial charge on any atom is 0.271 e. The molecule has 16 heavy (non-hydrogen) atoms. The van der Waals surface area contributed by atoms with E-state index in [1.807, 2.05) is 13.8 Å². The molecule has 0 aromatic carbocycles. The first-order valence-corrected chi connectivity index (χ1v) is 5.91. The molecular formula is C10H11Cl3N2O. The third-order valence-electron chi connectivity index (χ3n) is 2.12. The van der Waals surface area contributed by atoms with E-state index in [9.17, 15) is 4.79 Å². The number of hydrogen-bond donors (Lipinski definition) is 1. The molecule has 0 fully saturated rings. The molecule has 0 aliphatic carbocycles. The first-order valence-electron chi connectivity index (χ1n) is 4.77. The van der Waals surface area contributed by atoms with Gasteiger partial charge in [0.05, 0.1) is 15.1 Å². The average molecular weight is 282 g/mol. The molecule has 1 aromatic rings. The highest BCUT2D eigenvalue weighted by Crippen LogP contribution is 2.30. The zero-order valence-electron chi connectivity index (χ0n) is 8.85. The predicted molar refractivity (Wildman–Crippen MR) is 66.5 cm³/mol. The van der Waals surface area contributed by atoms with Gasteiger partial charge in [0.1, 0.15) is 5.69 Å². The summed E-state index contributed by atoms with van der Waals surface area (Å²) in [6.07, 6.45) is 2.13. The van der Waals surface area contributed by atoms with Gasteiger partial charge >= 0.3 is 0 Å². The number of nitrogens with zero attached hydrogens (tertiary/aromatic N) is 1. The topological polar surface area (TPSA) is 42.0 Å². The van der Waals surface area contributed by atoms with Gasteiger partial charge < -0.3 is 5.32 Å². The van der Waals surface area contributed by atoms with E-state index in [0.717, 1.165) is 6.42 Å². The SMILES string of the molecule is CC[C@@H](C)NC(=O)c1ncc(Cl)c(Cl)c1Cl. The number of carbonyl (C=O) groups excluding carboxylic acids is 1. The van der Waals surface area contributed by atoms with Crippen molar-refractivity contribution in [1.82, 2.24) is 10.3 Å². The molecule has 1 rings (SSSR count). The largest absolute Gasteiger partial charge is 0.348 e. The van der Waals surface area contributed by atoms with E-state index in [0.29, 0.717) is 0 Å². The van der Waals surface area contributed by atoms with E-state index in [2.05, 4.69) is 10.3 Å². The summed E-state index contributed by atoms with van der Waals surface area (Å²) in [5, 5.41) is 3.20. The fraction of sp³-hybridized carbons (Fsp3) is 0.400. The second-order valence-electron chi connectivity index (χ2n) is 3.37. The summed E-state index contributed by atoms with van der Waals surface area (Å²) in [6.45, 7) is 3.86. The fourth-order valence-corrected chi connectivity index (χ4v) is 1.56. The van der Waals surface area contributed by atoms with Crippen molar-refractivity contribution in [2.75, 3.05) is 0 Å². The zero-order valence-corrected chi connectivity index (χ0v) is 11.1. The number of pyridine rings is 1. The van der Waals surface area contributed by atoms with Crippen molar-refractivity contribution >= 4 is 40.7 Å². The Kier molecular flexibility index (Phi) is 4.84. The van der Waals surface area contributed by atoms with Crippen LogP contribution in [0.5, 0.6) is 0 Å². The fourth-order valence-electron chi connectivity index (χ4n) is 0.996. The smallest absolute Gasteiger partial charge is 0.271 e. The van der Waals surface area contributed by atoms with Crippen LogP contribution in [-0.2, 0) is 0 Å². The molecular weight excluding hydrogens is 270 g/mol. The zero-order chi connectivity index (χ0) is 12.3. The molecule has 0 unspecified atom stereocenters.